The first-order valence-electron chi connectivity index (χ1n) is 9.15. The summed E-state index contributed by atoms with van der Waals surface area (Å²) >= 11 is 0. The maximum atomic E-state index is 12.7. The van der Waals surface area contributed by atoms with Gasteiger partial charge in [-0.05, 0) is 37.1 Å². The fourth-order valence-corrected chi connectivity index (χ4v) is 2.69. The molecule has 1 amide bonds. The Morgan fingerprint density at radius 2 is 1.74 bits per heavy atom. The third kappa shape index (κ3) is 5.49. The van der Waals surface area contributed by atoms with Crippen molar-refractivity contribution in [2.45, 2.75) is 32.9 Å². The van der Waals surface area contributed by atoms with Crippen molar-refractivity contribution in [2.75, 3.05) is 18.5 Å². The molecule has 0 aromatic heterocycles. The molecule has 2 rings (SSSR count). The first-order chi connectivity index (χ1) is 12.9. The topological polar surface area (TPSA) is 65.4 Å². The Morgan fingerprint density at radius 1 is 1.11 bits per heavy atom. The number of anilines is 1. The second-order valence-corrected chi connectivity index (χ2v) is 6.93. The molecule has 0 heterocycles. The van der Waals surface area contributed by atoms with Gasteiger partial charge in [-0.2, -0.15) is 5.26 Å². The Labute approximate surface area is 161 Å². The largest absolute Gasteiger partial charge is 0.479 e. The first-order valence-corrected chi connectivity index (χ1v) is 9.15. The van der Waals surface area contributed by atoms with Crippen LogP contribution in [0.2, 0.25) is 0 Å². The van der Waals surface area contributed by atoms with Crippen LogP contribution in [0.5, 0.6) is 5.75 Å². The minimum Gasteiger partial charge on any atom is -0.479 e. The molecule has 0 saturated heterocycles. The number of ether oxygens (including phenoxy) is 1. The molecule has 0 fully saturated rings. The molecule has 2 aromatic carbocycles. The Kier molecular flexibility index (Phi) is 7.25. The smallest absolute Gasteiger partial charge is 0.261 e. The van der Waals surface area contributed by atoms with E-state index in [1.807, 2.05) is 51.2 Å². The number of amides is 1. The van der Waals surface area contributed by atoms with Gasteiger partial charge in [0.1, 0.15) is 11.8 Å². The van der Waals surface area contributed by atoms with Crippen molar-refractivity contribution < 1.29 is 9.53 Å². The molecule has 2 unspecified atom stereocenters. The van der Waals surface area contributed by atoms with Crippen LogP contribution >= 0.6 is 0 Å². The molecular formula is C22H27N3O2. The summed E-state index contributed by atoms with van der Waals surface area (Å²) in [5.74, 6) is 0.230. The van der Waals surface area contributed by atoms with Crippen molar-refractivity contribution in [1.82, 2.24) is 5.32 Å². The van der Waals surface area contributed by atoms with E-state index in [1.165, 1.54) is 0 Å². The minimum atomic E-state index is -0.659. The molecule has 0 aliphatic rings. The summed E-state index contributed by atoms with van der Waals surface area (Å²) in [7, 11) is 2.01. The summed E-state index contributed by atoms with van der Waals surface area (Å²) in [6, 6.07) is 19.2. The Balaban J connectivity index is 2.00. The highest BCUT2D eigenvalue weighted by atomic mass is 16.5. The quantitative estimate of drug-likeness (QED) is 0.776. The van der Waals surface area contributed by atoms with E-state index in [1.54, 1.807) is 24.3 Å². The fraction of sp³-hybridized carbons (Fsp3) is 0.364. The number of hydrogen-bond acceptors (Lipinski definition) is 4. The van der Waals surface area contributed by atoms with Gasteiger partial charge in [0.25, 0.3) is 5.91 Å². The summed E-state index contributed by atoms with van der Waals surface area (Å²) in [4.78, 5) is 14.8. The zero-order chi connectivity index (χ0) is 19.8. The van der Waals surface area contributed by atoms with Crippen LogP contribution in [0.1, 0.15) is 26.3 Å². The lowest BCUT2D eigenvalue weighted by atomic mass is 10.1. The number of nitrogens with zero attached hydrogens (tertiary/aromatic N) is 2. The Morgan fingerprint density at radius 3 is 2.37 bits per heavy atom. The van der Waals surface area contributed by atoms with Crippen LogP contribution in [-0.4, -0.2) is 31.6 Å². The van der Waals surface area contributed by atoms with Crippen LogP contribution in [0, 0.1) is 17.2 Å². The van der Waals surface area contributed by atoms with E-state index in [-0.39, 0.29) is 17.9 Å². The molecule has 0 radical (unpaired) electrons. The lowest BCUT2D eigenvalue weighted by Gasteiger charge is -2.28. The molecule has 0 saturated carbocycles. The zero-order valence-corrected chi connectivity index (χ0v) is 16.3. The number of nitrogens with one attached hydrogen (secondary N) is 1. The van der Waals surface area contributed by atoms with Gasteiger partial charge in [0.15, 0.2) is 6.10 Å². The molecule has 142 valence electrons. The Bertz CT molecular complexity index is 784. The van der Waals surface area contributed by atoms with Crippen LogP contribution in [0.15, 0.2) is 54.6 Å². The summed E-state index contributed by atoms with van der Waals surface area (Å²) < 4.78 is 5.89. The zero-order valence-electron chi connectivity index (χ0n) is 16.3. The van der Waals surface area contributed by atoms with Crippen molar-refractivity contribution in [2.24, 2.45) is 5.92 Å². The number of hydrogen-bond donors (Lipinski definition) is 1. The summed E-state index contributed by atoms with van der Waals surface area (Å²) in [6.07, 6.45) is -0.659. The third-order valence-electron chi connectivity index (χ3n) is 4.52. The van der Waals surface area contributed by atoms with E-state index < -0.39 is 6.10 Å². The molecule has 2 aromatic rings. The van der Waals surface area contributed by atoms with Crippen molar-refractivity contribution in [3.63, 3.8) is 0 Å². The van der Waals surface area contributed by atoms with Gasteiger partial charge < -0.3 is 15.0 Å². The SMILES string of the molecule is CC(C)C(Oc1ccccc1C#N)C(=O)NCC(C)N(C)c1ccccc1. The monoisotopic (exact) mass is 365 g/mol. The van der Waals surface area contributed by atoms with Crippen molar-refractivity contribution >= 4 is 11.6 Å². The lowest BCUT2D eigenvalue weighted by molar-refractivity contribution is -0.129. The number of carbonyl (C=O) groups is 1. The van der Waals surface area contributed by atoms with Crippen LogP contribution in [-0.2, 0) is 4.79 Å². The summed E-state index contributed by atoms with van der Waals surface area (Å²) in [5, 5.41) is 12.2. The molecular weight excluding hydrogens is 338 g/mol. The van der Waals surface area contributed by atoms with Crippen LogP contribution in [0.25, 0.3) is 0 Å². The molecule has 0 aliphatic carbocycles. The van der Waals surface area contributed by atoms with Gasteiger partial charge in [-0.1, -0.05) is 44.2 Å². The van der Waals surface area contributed by atoms with E-state index in [9.17, 15) is 10.1 Å². The van der Waals surface area contributed by atoms with E-state index >= 15 is 0 Å². The normalized spacial score (nSPS) is 12.7. The van der Waals surface area contributed by atoms with Crippen LogP contribution in [0.3, 0.4) is 0 Å². The van der Waals surface area contributed by atoms with E-state index in [2.05, 4.69) is 23.2 Å². The van der Waals surface area contributed by atoms with Gasteiger partial charge >= 0.3 is 0 Å². The maximum absolute atomic E-state index is 12.7. The number of nitriles is 1. The number of rotatable bonds is 8. The summed E-state index contributed by atoms with van der Waals surface area (Å²) in [6.45, 7) is 6.41. The number of benzene rings is 2. The van der Waals surface area contributed by atoms with Gasteiger partial charge in [-0.25, -0.2) is 0 Å². The standard InChI is InChI=1S/C22H27N3O2/c1-16(2)21(27-20-13-9-8-10-18(20)14-23)22(26)24-15-17(3)25(4)19-11-6-5-7-12-19/h5-13,16-17,21H,15H2,1-4H3,(H,24,26). The van der Waals surface area contributed by atoms with Crippen LogP contribution in [0.4, 0.5) is 5.69 Å². The van der Waals surface area contributed by atoms with Gasteiger partial charge in [0, 0.05) is 25.3 Å². The van der Waals surface area contributed by atoms with E-state index in [0.29, 0.717) is 17.9 Å². The highest BCUT2D eigenvalue weighted by Crippen LogP contribution is 2.21. The molecule has 0 aliphatic heterocycles. The van der Waals surface area contributed by atoms with Crippen molar-refractivity contribution in [3.8, 4) is 11.8 Å². The second kappa shape index (κ2) is 9.63. The number of carbonyl (C=O) groups excluding carboxylic acids is 1. The molecule has 5 heteroatoms. The van der Waals surface area contributed by atoms with Crippen molar-refractivity contribution in [3.05, 3.63) is 60.2 Å². The average molecular weight is 365 g/mol. The molecule has 2 atom stereocenters. The first kappa shape index (κ1) is 20.3. The predicted molar refractivity (Wildman–Crippen MR) is 108 cm³/mol. The molecule has 5 nitrogen and oxygen atoms in total. The van der Waals surface area contributed by atoms with E-state index in [4.69, 9.17) is 4.74 Å². The predicted octanol–water partition coefficient (Wildman–Crippen LogP) is 3.60. The fourth-order valence-electron chi connectivity index (χ4n) is 2.69. The molecule has 1 N–H and O–H groups in total. The van der Waals surface area contributed by atoms with E-state index in [0.717, 1.165) is 5.69 Å². The third-order valence-corrected chi connectivity index (χ3v) is 4.52. The molecule has 0 bridgehead atoms. The molecule has 27 heavy (non-hydrogen) atoms. The highest BCUT2D eigenvalue weighted by molar-refractivity contribution is 5.81. The second-order valence-electron chi connectivity index (χ2n) is 6.93. The minimum absolute atomic E-state index is 0.0288. The van der Waals surface area contributed by atoms with Crippen LogP contribution < -0.4 is 15.0 Å². The van der Waals surface area contributed by atoms with Crippen molar-refractivity contribution in [1.29, 1.82) is 5.26 Å². The highest BCUT2D eigenvalue weighted by Gasteiger charge is 2.25. The number of likely N-dealkylation sites (N-methyl/N-ethyl adjacent to an activating group) is 1. The van der Waals surface area contributed by atoms with Gasteiger partial charge in [-0.3, -0.25) is 4.79 Å². The average Bonchev–Trinajstić information content (AvgIpc) is 2.70. The summed E-state index contributed by atoms with van der Waals surface area (Å²) in [5.41, 5.74) is 1.52. The van der Waals surface area contributed by atoms with Gasteiger partial charge in [0.05, 0.1) is 5.56 Å². The Hall–Kier alpha value is -3.00. The number of para-hydroxylation sites is 2. The molecule has 0 spiro atoms. The maximum Gasteiger partial charge on any atom is 0.261 e. The van der Waals surface area contributed by atoms with Gasteiger partial charge in [-0.15, -0.1) is 0 Å². The van der Waals surface area contributed by atoms with Gasteiger partial charge in [0.2, 0.25) is 0 Å². The lowest BCUT2D eigenvalue weighted by Crippen LogP contribution is -2.47.